The Bertz CT molecular complexity index is 531. The van der Waals surface area contributed by atoms with Gasteiger partial charge in [0.1, 0.15) is 0 Å². The van der Waals surface area contributed by atoms with E-state index in [1.54, 1.807) is 11.3 Å². The van der Waals surface area contributed by atoms with E-state index in [1.807, 2.05) is 25.2 Å². The van der Waals surface area contributed by atoms with Gasteiger partial charge in [-0.05, 0) is 32.5 Å². The van der Waals surface area contributed by atoms with Crippen molar-refractivity contribution in [2.75, 3.05) is 13.6 Å². The summed E-state index contributed by atoms with van der Waals surface area (Å²) in [5, 5.41) is 5.28. The first-order valence-corrected chi connectivity index (χ1v) is 7.63. The first kappa shape index (κ1) is 14.5. The smallest absolute Gasteiger partial charge is 0.0937 e. The van der Waals surface area contributed by atoms with Gasteiger partial charge in [0.15, 0.2) is 0 Å². The summed E-state index contributed by atoms with van der Waals surface area (Å²) in [4.78, 5) is 5.94. The lowest BCUT2D eigenvalue weighted by atomic mass is 9.96. The molecule has 0 aliphatic heterocycles. The van der Waals surface area contributed by atoms with Crippen LogP contribution in [-0.2, 0) is 6.42 Å². The van der Waals surface area contributed by atoms with Gasteiger partial charge >= 0.3 is 0 Å². The van der Waals surface area contributed by atoms with Crippen molar-refractivity contribution in [2.24, 2.45) is 0 Å². The second kappa shape index (κ2) is 6.51. The number of thiazole rings is 1. The summed E-state index contributed by atoms with van der Waals surface area (Å²) >= 11 is 8.10. The zero-order chi connectivity index (χ0) is 13.8. The lowest BCUT2D eigenvalue weighted by Gasteiger charge is -2.17. The molecule has 0 radical (unpaired) electrons. The minimum Gasteiger partial charge on any atom is -0.319 e. The molecule has 2 aromatic rings. The fraction of sp³-hybridized carbons (Fsp3) is 0.400. The second-order valence-electron chi connectivity index (χ2n) is 4.73. The largest absolute Gasteiger partial charge is 0.319 e. The third-order valence-corrected chi connectivity index (χ3v) is 4.73. The van der Waals surface area contributed by atoms with Crippen LogP contribution >= 0.6 is 22.9 Å². The molecule has 4 heteroatoms. The van der Waals surface area contributed by atoms with Crippen LogP contribution in [0.3, 0.4) is 0 Å². The standard InChI is InChI=1S/C15H19ClN2S/c1-10-11(2)19-15(18-10)8-12(9-17-3)13-6-4-5-7-14(13)16/h4-7,12,17H,8-9H2,1-3H3. The van der Waals surface area contributed by atoms with Gasteiger partial charge in [-0.25, -0.2) is 4.98 Å². The van der Waals surface area contributed by atoms with Gasteiger partial charge in [-0.3, -0.25) is 0 Å². The Balaban J connectivity index is 2.23. The molecule has 1 heterocycles. The van der Waals surface area contributed by atoms with Crippen LogP contribution < -0.4 is 5.32 Å². The highest BCUT2D eigenvalue weighted by molar-refractivity contribution is 7.11. The summed E-state index contributed by atoms with van der Waals surface area (Å²) < 4.78 is 0. The van der Waals surface area contributed by atoms with Crippen molar-refractivity contribution in [3.8, 4) is 0 Å². The van der Waals surface area contributed by atoms with Gasteiger partial charge in [0.2, 0.25) is 0 Å². The molecular formula is C15H19ClN2S. The van der Waals surface area contributed by atoms with Crippen LogP contribution in [0, 0.1) is 13.8 Å². The molecule has 2 rings (SSSR count). The van der Waals surface area contributed by atoms with Gasteiger partial charge in [0.05, 0.1) is 10.7 Å². The minimum absolute atomic E-state index is 0.364. The molecule has 0 amide bonds. The Hall–Kier alpha value is -0.900. The molecular weight excluding hydrogens is 276 g/mol. The molecule has 0 spiro atoms. The number of rotatable bonds is 5. The van der Waals surface area contributed by atoms with Crippen LogP contribution in [0.25, 0.3) is 0 Å². The van der Waals surface area contributed by atoms with Crippen molar-refractivity contribution >= 4 is 22.9 Å². The van der Waals surface area contributed by atoms with E-state index in [0.29, 0.717) is 5.92 Å². The molecule has 102 valence electrons. The molecule has 0 fully saturated rings. The highest BCUT2D eigenvalue weighted by Crippen LogP contribution is 2.29. The van der Waals surface area contributed by atoms with Gasteiger partial charge in [0.25, 0.3) is 0 Å². The molecule has 0 saturated heterocycles. The molecule has 1 aromatic heterocycles. The molecule has 2 nitrogen and oxygen atoms in total. The average molecular weight is 295 g/mol. The zero-order valence-electron chi connectivity index (χ0n) is 11.5. The molecule has 1 aromatic carbocycles. The third kappa shape index (κ3) is 3.56. The summed E-state index contributed by atoms with van der Waals surface area (Å²) in [5.74, 6) is 0.364. The lowest BCUT2D eigenvalue weighted by molar-refractivity contribution is 0.624. The number of halogens is 1. The van der Waals surface area contributed by atoms with Crippen molar-refractivity contribution in [1.82, 2.24) is 10.3 Å². The average Bonchev–Trinajstić information content (AvgIpc) is 2.68. The Morgan fingerprint density at radius 3 is 2.63 bits per heavy atom. The maximum absolute atomic E-state index is 6.31. The van der Waals surface area contributed by atoms with Crippen LogP contribution in [0.1, 0.15) is 27.1 Å². The SMILES string of the molecule is CNCC(Cc1nc(C)c(C)s1)c1ccccc1Cl. The molecule has 1 N–H and O–H groups in total. The van der Waals surface area contributed by atoms with Crippen molar-refractivity contribution in [1.29, 1.82) is 0 Å². The van der Waals surface area contributed by atoms with Crippen molar-refractivity contribution in [3.63, 3.8) is 0 Å². The van der Waals surface area contributed by atoms with Crippen molar-refractivity contribution < 1.29 is 0 Å². The number of nitrogens with one attached hydrogen (secondary N) is 1. The Labute approximate surface area is 123 Å². The van der Waals surface area contributed by atoms with Crippen molar-refractivity contribution in [2.45, 2.75) is 26.2 Å². The number of aromatic nitrogens is 1. The summed E-state index contributed by atoms with van der Waals surface area (Å²) in [7, 11) is 1.97. The monoisotopic (exact) mass is 294 g/mol. The van der Waals surface area contributed by atoms with Crippen LogP contribution in [0.2, 0.25) is 5.02 Å². The predicted molar refractivity (Wildman–Crippen MR) is 83.4 cm³/mol. The van der Waals surface area contributed by atoms with Crippen LogP contribution in [-0.4, -0.2) is 18.6 Å². The topological polar surface area (TPSA) is 24.9 Å². The molecule has 1 atom stereocenters. The van der Waals surface area contributed by atoms with Crippen LogP contribution in [0.5, 0.6) is 0 Å². The van der Waals surface area contributed by atoms with Gasteiger partial charge in [-0.1, -0.05) is 29.8 Å². The maximum Gasteiger partial charge on any atom is 0.0937 e. The molecule has 0 aliphatic rings. The van der Waals surface area contributed by atoms with E-state index < -0.39 is 0 Å². The van der Waals surface area contributed by atoms with E-state index in [1.165, 1.54) is 15.4 Å². The van der Waals surface area contributed by atoms with Gasteiger partial charge in [-0.2, -0.15) is 0 Å². The number of nitrogens with zero attached hydrogens (tertiary/aromatic N) is 1. The Morgan fingerprint density at radius 1 is 1.32 bits per heavy atom. The fourth-order valence-corrected chi connectivity index (χ4v) is 3.49. The van der Waals surface area contributed by atoms with Crippen molar-refractivity contribution in [3.05, 3.63) is 50.4 Å². The third-order valence-electron chi connectivity index (χ3n) is 3.29. The zero-order valence-corrected chi connectivity index (χ0v) is 13.1. The van der Waals surface area contributed by atoms with Crippen LogP contribution in [0.15, 0.2) is 24.3 Å². The van der Waals surface area contributed by atoms with Crippen LogP contribution in [0.4, 0.5) is 0 Å². The molecule has 1 unspecified atom stereocenters. The van der Waals surface area contributed by atoms with E-state index in [0.717, 1.165) is 23.7 Å². The summed E-state index contributed by atoms with van der Waals surface area (Å²) in [6.07, 6.45) is 0.934. The Kier molecular flexibility index (Phi) is 4.97. The quantitative estimate of drug-likeness (QED) is 0.903. The first-order valence-electron chi connectivity index (χ1n) is 6.43. The van der Waals surface area contributed by atoms with E-state index in [2.05, 4.69) is 30.2 Å². The maximum atomic E-state index is 6.31. The normalized spacial score (nSPS) is 12.6. The van der Waals surface area contributed by atoms with Gasteiger partial charge in [0, 0.05) is 28.8 Å². The molecule has 0 saturated carbocycles. The first-order chi connectivity index (χ1) is 9.11. The molecule has 0 aliphatic carbocycles. The Morgan fingerprint density at radius 2 is 2.05 bits per heavy atom. The molecule has 19 heavy (non-hydrogen) atoms. The van der Waals surface area contributed by atoms with E-state index in [4.69, 9.17) is 11.6 Å². The number of hydrogen-bond acceptors (Lipinski definition) is 3. The van der Waals surface area contributed by atoms with Gasteiger partial charge in [-0.15, -0.1) is 11.3 Å². The van der Waals surface area contributed by atoms with Gasteiger partial charge < -0.3 is 5.32 Å². The second-order valence-corrected chi connectivity index (χ2v) is 6.42. The fourth-order valence-electron chi connectivity index (χ4n) is 2.18. The minimum atomic E-state index is 0.364. The lowest BCUT2D eigenvalue weighted by Crippen LogP contribution is -2.19. The summed E-state index contributed by atoms with van der Waals surface area (Å²) in [5.41, 5.74) is 2.34. The van der Waals surface area contributed by atoms with E-state index >= 15 is 0 Å². The van der Waals surface area contributed by atoms with E-state index in [-0.39, 0.29) is 0 Å². The highest BCUT2D eigenvalue weighted by Gasteiger charge is 2.17. The molecule has 0 bridgehead atoms. The highest BCUT2D eigenvalue weighted by atomic mass is 35.5. The summed E-state index contributed by atoms with van der Waals surface area (Å²) in [6, 6.07) is 8.08. The number of likely N-dealkylation sites (N-methyl/N-ethyl adjacent to an activating group) is 1. The number of benzene rings is 1. The number of aryl methyl sites for hydroxylation is 2. The summed E-state index contributed by atoms with van der Waals surface area (Å²) in [6.45, 7) is 5.10. The predicted octanol–water partition coefficient (Wildman–Crippen LogP) is 3.96. The van der Waals surface area contributed by atoms with E-state index in [9.17, 15) is 0 Å². The number of hydrogen-bond donors (Lipinski definition) is 1.